The average molecular weight is 340 g/mol. The van der Waals surface area contributed by atoms with Crippen molar-refractivity contribution in [1.82, 2.24) is 4.98 Å². The van der Waals surface area contributed by atoms with Gasteiger partial charge in [-0.25, -0.2) is 8.78 Å². The van der Waals surface area contributed by atoms with E-state index in [0.29, 0.717) is 16.9 Å². The number of nitrogens with one attached hydrogen (secondary N) is 2. The molecule has 3 rings (SSSR count). The first-order chi connectivity index (χ1) is 11.9. The van der Waals surface area contributed by atoms with Crippen molar-refractivity contribution in [2.45, 2.75) is 6.92 Å². The number of fused-ring (bicyclic) bond motifs is 1. The smallest absolute Gasteiger partial charge is 0.248 e. The highest BCUT2D eigenvalue weighted by Gasteiger charge is 2.08. The van der Waals surface area contributed by atoms with Gasteiger partial charge in [0.25, 0.3) is 0 Å². The SMILES string of the molecule is Cc1[nH]c2ccc(F)cc2c(=O)c1/C=C/C(=O)Nc1ccc(F)cc1. The first-order valence-electron chi connectivity index (χ1n) is 7.51. The van der Waals surface area contributed by atoms with Gasteiger partial charge in [-0.2, -0.15) is 0 Å². The molecule has 2 N–H and O–H groups in total. The second-order valence-corrected chi connectivity index (χ2v) is 5.51. The van der Waals surface area contributed by atoms with E-state index in [2.05, 4.69) is 10.3 Å². The van der Waals surface area contributed by atoms with Gasteiger partial charge in [0.15, 0.2) is 5.43 Å². The number of aryl methyl sites for hydroxylation is 1. The molecule has 0 fully saturated rings. The molecule has 0 bridgehead atoms. The summed E-state index contributed by atoms with van der Waals surface area (Å²) in [7, 11) is 0. The van der Waals surface area contributed by atoms with Crippen molar-refractivity contribution in [1.29, 1.82) is 0 Å². The van der Waals surface area contributed by atoms with Gasteiger partial charge in [-0.1, -0.05) is 0 Å². The molecule has 0 saturated heterocycles. The molecule has 4 nitrogen and oxygen atoms in total. The number of hydrogen-bond acceptors (Lipinski definition) is 2. The highest BCUT2D eigenvalue weighted by atomic mass is 19.1. The number of aromatic nitrogens is 1. The first-order valence-corrected chi connectivity index (χ1v) is 7.51. The van der Waals surface area contributed by atoms with E-state index in [9.17, 15) is 18.4 Å². The molecule has 1 amide bonds. The molecular weight excluding hydrogens is 326 g/mol. The van der Waals surface area contributed by atoms with Crippen LogP contribution in [-0.2, 0) is 4.79 Å². The first kappa shape index (κ1) is 16.6. The molecule has 2 aromatic carbocycles. The third-order valence-corrected chi connectivity index (χ3v) is 3.71. The summed E-state index contributed by atoms with van der Waals surface area (Å²) < 4.78 is 26.2. The normalized spacial score (nSPS) is 11.2. The third-order valence-electron chi connectivity index (χ3n) is 3.71. The maximum Gasteiger partial charge on any atom is 0.248 e. The number of carbonyl (C=O) groups excluding carboxylic acids is 1. The van der Waals surface area contributed by atoms with Crippen LogP contribution in [0.2, 0.25) is 0 Å². The van der Waals surface area contributed by atoms with E-state index in [-0.39, 0.29) is 16.4 Å². The second kappa shape index (κ2) is 6.68. The van der Waals surface area contributed by atoms with Crippen molar-refractivity contribution in [2.24, 2.45) is 0 Å². The Morgan fingerprint density at radius 1 is 1.08 bits per heavy atom. The van der Waals surface area contributed by atoms with E-state index in [1.165, 1.54) is 48.6 Å². The number of carbonyl (C=O) groups is 1. The third kappa shape index (κ3) is 3.63. The molecule has 0 radical (unpaired) electrons. The monoisotopic (exact) mass is 340 g/mol. The van der Waals surface area contributed by atoms with Gasteiger partial charge in [-0.3, -0.25) is 9.59 Å². The molecule has 0 saturated carbocycles. The lowest BCUT2D eigenvalue weighted by atomic mass is 10.1. The number of pyridine rings is 1. The summed E-state index contributed by atoms with van der Waals surface area (Å²) >= 11 is 0. The number of aromatic amines is 1. The van der Waals surface area contributed by atoms with Crippen LogP contribution >= 0.6 is 0 Å². The Balaban J connectivity index is 1.89. The highest BCUT2D eigenvalue weighted by molar-refractivity contribution is 6.02. The number of rotatable bonds is 3. The fraction of sp³-hybridized carbons (Fsp3) is 0.0526. The van der Waals surface area contributed by atoms with Crippen LogP contribution in [0.5, 0.6) is 0 Å². The Morgan fingerprint density at radius 3 is 2.48 bits per heavy atom. The topological polar surface area (TPSA) is 62.0 Å². The standard InChI is InChI=1S/C19H14F2N2O2/c1-11-15(19(25)16-10-13(21)4-8-17(16)22-11)7-9-18(24)23-14-5-2-12(20)3-6-14/h2-10H,1H3,(H,22,25)(H,23,24)/b9-7+. The summed E-state index contributed by atoms with van der Waals surface area (Å²) in [5, 5.41) is 2.77. The summed E-state index contributed by atoms with van der Waals surface area (Å²) in [6, 6.07) is 9.23. The number of benzene rings is 2. The molecule has 0 aliphatic carbocycles. The molecule has 6 heteroatoms. The fourth-order valence-electron chi connectivity index (χ4n) is 2.47. The molecule has 0 atom stereocenters. The van der Waals surface area contributed by atoms with E-state index in [4.69, 9.17) is 0 Å². The van der Waals surface area contributed by atoms with Crippen molar-refractivity contribution in [2.75, 3.05) is 5.32 Å². The molecule has 3 aromatic rings. The second-order valence-electron chi connectivity index (χ2n) is 5.51. The maximum absolute atomic E-state index is 13.4. The Bertz CT molecular complexity index is 1040. The summed E-state index contributed by atoms with van der Waals surface area (Å²) in [4.78, 5) is 27.5. The van der Waals surface area contributed by atoms with Crippen LogP contribution in [0, 0.1) is 18.6 Å². The van der Waals surface area contributed by atoms with Gasteiger partial charge in [-0.15, -0.1) is 0 Å². The predicted octanol–water partition coefficient (Wildman–Crippen LogP) is 3.77. The van der Waals surface area contributed by atoms with Crippen LogP contribution in [0.15, 0.2) is 53.3 Å². The number of halogens is 2. The van der Waals surface area contributed by atoms with Gasteiger partial charge < -0.3 is 10.3 Å². The Morgan fingerprint density at radius 2 is 1.76 bits per heavy atom. The molecule has 1 heterocycles. The lowest BCUT2D eigenvalue weighted by Gasteiger charge is -2.05. The van der Waals surface area contributed by atoms with Gasteiger partial charge in [-0.05, 0) is 55.5 Å². The zero-order chi connectivity index (χ0) is 18.0. The molecular formula is C19H14F2N2O2. The van der Waals surface area contributed by atoms with E-state index in [0.717, 1.165) is 6.07 Å². The van der Waals surface area contributed by atoms with Gasteiger partial charge in [0.2, 0.25) is 5.91 Å². The van der Waals surface area contributed by atoms with Crippen molar-refractivity contribution in [3.8, 4) is 0 Å². The Hall–Kier alpha value is -3.28. The van der Waals surface area contributed by atoms with Crippen LogP contribution in [0.3, 0.4) is 0 Å². The molecule has 0 spiro atoms. The average Bonchev–Trinajstić information content (AvgIpc) is 2.57. The minimum absolute atomic E-state index is 0.212. The summed E-state index contributed by atoms with van der Waals surface area (Å²) in [5.41, 5.74) is 1.43. The molecule has 0 aliphatic heterocycles. The van der Waals surface area contributed by atoms with Gasteiger partial charge in [0, 0.05) is 33.9 Å². The van der Waals surface area contributed by atoms with Crippen LogP contribution in [0.4, 0.5) is 14.5 Å². The molecule has 1 aromatic heterocycles. The molecule has 0 unspecified atom stereocenters. The van der Waals surface area contributed by atoms with Gasteiger partial charge >= 0.3 is 0 Å². The summed E-state index contributed by atoms with van der Waals surface area (Å²) in [6.07, 6.45) is 2.57. The number of hydrogen-bond donors (Lipinski definition) is 2. The number of H-pyrrole nitrogens is 1. The quantitative estimate of drug-likeness (QED) is 0.713. The Kier molecular flexibility index (Phi) is 4.43. The van der Waals surface area contributed by atoms with Gasteiger partial charge in [0.05, 0.1) is 0 Å². The molecule has 25 heavy (non-hydrogen) atoms. The number of anilines is 1. The summed E-state index contributed by atoms with van der Waals surface area (Å²) in [5.74, 6) is -1.38. The van der Waals surface area contributed by atoms with Crippen molar-refractivity contribution in [3.05, 3.63) is 81.7 Å². The zero-order valence-corrected chi connectivity index (χ0v) is 13.3. The largest absolute Gasteiger partial charge is 0.358 e. The van der Waals surface area contributed by atoms with Crippen molar-refractivity contribution < 1.29 is 13.6 Å². The van der Waals surface area contributed by atoms with Crippen LogP contribution in [-0.4, -0.2) is 10.9 Å². The van der Waals surface area contributed by atoms with Crippen LogP contribution in [0.25, 0.3) is 17.0 Å². The predicted molar refractivity (Wildman–Crippen MR) is 93.3 cm³/mol. The fourth-order valence-corrected chi connectivity index (χ4v) is 2.47. The van der Waals surface area contributed by atoms with Crippen LogP contribution in [0.1, 0.15) is 11.3 Å². The number of amides is 1. The minimum Gasteiger partial charge on any atom is -0.358 e. The lowest BCUT2D eigenvalue weighted by molar-refractivity contribution is -0.111. The van der Waals surface area contributed by atoms with E-state index in [1.807, 2.05) is 0 Å². The van der Waals surface area contributed by atoms with E-state index in [1.54, 1.807) is 6.92 Å². The lowest BCUT2D eigenvalue weighted by Crippen LogP contribution is -2.12. The molecule has 126 valence electrons. The summed E-state index contributed by atoms with van der Waals surface area (Å²) in [6.45, 7) is 1.70. The van der Waals surface area contributed by atoms with Crippen molar-refractivity contribution in [3.63, 3.8) is 0 Å². The van der Waals surface area contributed by atoms with Crippen LogP contribution < -0.4 is 10.7 Å². The van der Waals surface area contributed by atoms with E-state index >= 15 is 0 Å². The van der Waals surface area contributed by atoms with E-state index < -0.39 is 17.5 Å². The minimum atomic E-state index is -0.508. The zero-order valence-electron chi connectivity index (χ0n) is 13.3. The van der Waals surface area contributed by atoms with Crippen molar-refractivity contribution >= 4 is 28.6 Å². The Labute approximate surface area is 141 Å². The highest BCUT2D eigenvalue weighted by Crippen LogP contribution is 2.14. The van der Waals surface area contributed by atoms with Gasteiger partial charge in [0.1, 0.15) is 11.6 Å². The maximum atomic E-state index is 13.4. The molecule has 0 aliphatic rings.